The Morgan fingerprint density at radius 1 is 1.18 bits per heavy atom. The van der Waals surface area contributed by atoms with Crippen LogP contribution in [-0.4, -0.2) is 59.4 Å². The van der Waals surface area contributed by atoms with Crippen LogP contribution in [0.25, 0.3) is 10.9 Å². The number of nitrogens with one attached hydrogen (secondary N) is 1. The minimum Gasteiger partial charge on any atom is -0.493 e. The fraction of sp³-hybridized carbons (Fsp3) is 0.417. The molecule has 0 spiro atoms. The number of fused-ring (bicyclic) bond motifs is 2. The van der Waals surface area contributed by atoms with Crippen LogP contribution in [0.15, 0.2) is 36.7 Å². The zero-order valence-corrected chi connectivity index (χ0v) is 18.8. The number of hydrogen-bond donors (Lipinski definition) is 2. The third kappa shape index (κ3) is 4.52. The number of anilines is 2. The number of benzene rings is 2. The first-order valence-electron chi connectivity index (χ1n) is 11.1. The van der Waals surface area contributed by atoms with E-state index in [0.717, 1.165) is 42.6 Å². The Bertz CT molecular complexity index is 1150. The van der Waals surface area contributed by atoms with Crippen LogP contribution in [0.4, 0.5) is 11.5 Å². The summed E-state index contributed by atoms with van der Waals surface area (Å²) in [5.74, 6) is 2.44. The van der Waals surface area contributed by atoms with E-state index in [0.29, 0.717) is 48.2 Å². The van der Waals surface area contributed by atoms with Gasteiger partial charge in [0.2, 0.25) is 0 Å². The lowest BCUT2D eigenvalue weighted by atomic mass is 9.89. The highest BCUT2D eigenvalue weighted by Gasteiger charge is 2.31. The molecule has 174 valence electrons. The summed E-state index contributed by atoms with van der Waals surface area (Å²) in [7, 11) is 3.68. The molecule has 2 aliphatic rings. The molecule has 0 unspecified atom stereocenters. The monoisotopic (exact) mass is 452 g/mol. The molecule has 5 rings (SSSR count). The molecule has 9 heteroatoms. The molecule has 9 nitrogen and oxygen atoms in total. The van der Waals surface area contributed by atoms with Gasteiger partial charge < -0.3 is 29.7 Å². The quantitative estimate of drug-likeness (QED) is 0.523. The summed E-state index contributed by atoms with van der Waals surface area (Å²) in [5, 5.41) is 14.9. The molecule has 0 aliphatic carbocycles. The standard InChI is InChI=1S/C24H28N4O5/c1-28-9-6-24(29,7-10-28)8-11-31-21-13-19-17(12-20(21)30-2)23(26-15-25-19)27-18-5-3-4-16-14-32-33-22(16)18/h3-5,12-13,15,29H,6-11,14H2,1-2H3,(H,25,26,27). The molecule has 2 N–H and O–H groups in total. The van der Waals surface area contributed by atoms with Crippen molar-refractivity contribution in [3.05, 3.63) is 42.2 Å². The molecule has 2 aromatic carbocycles. The van der Waals surface area contributed by atoms with E-state index in [-0.39, 0.29) is 0 Å². The van der Waals surface area contributed by atoms with E-state index in [1.54, 1.807) is 7.11 Å². The van der Waals surface area contributed by atoms with Gasteiger partial charge >= 0.3 is 0 Å². The maximum Gasteiger partial charge on any atom is 0.194 e. The van der Waals surface area contributed by atoms with Gasteiger partial charge in [-0.1, -0.05) is 12.1 Å². The van der Waals surface area contributed by atoms with Crippen LogP contribution in [0.1, 0.15) is 24.8 Å². The highest BCUT2D eigenvalue weighted by Crippen LogP contribution is 2.39. The number of hydrogen-bond acceptors (Lipinski definition) is 9. The van der Waals surface area contributed by atoms with Crippen molar-refractivity contribution in [2.45, 2.75) is 31.5 Å². The van der Waals surface area contributed by atoms with Gasteiger partial charge in [-0.3, -0.25) is 0 Å². The predicted molar refractivity (Wildman–Crippen MR) is 123 cm³/mol. The van der Waals surface area contributed by atoms with Crippen LogP contribution < -0.4 is 19.7 Å². The molecule has 3 heterocycles. The second kappa shape index (κ2) is 9.01. The van der Waals surface area contributed by atoms with E-state index in [4.69, 9.17) is 19.2 Å². The van der Waals surface area contributed by atoms with Crippen molar-refractivity contribution in [2.75, 3.05) is 39.2 Å². The third-order valence-electron chi connectivity index (χ3n) is 6.37. The topological polar surface area (TPSA) is 98.2 Å². The number of aromatic nitrogens is 2. The van der Waals surface area contributed by atoms with Gasteiger partial charge in [-0.25, -0.2) is 9.97 Å². The fourth-order valence-corrected chi connectivity index (χ4v) is 4.25. The summed E-state index contributed by atoms with van der Waals surface area (Å²) in [4.78, 5) is 21.5. The Balaban J connectivity index is 1.36. The largest absolute Gasteiger partial charge is 0.493 e. The van der Waals surface area contributed by atoms with Crippen molar-refractivity contribution in [1.82, 2.24) is 14.9 Å². The van der Waals surface area contributed by atoms with Crippen molar-refractivity contribution < 1.29 is 24.4 Å². The van der Waals surface area contributed by atoms with Gasteiger partial charge in [0.25, 0.3) is 0 Å². The Kier molecular flexibility index (Phi) is 5.92. The fourth-order valence-electron chi connectivity index (χ4n) is 4.25. The summed E-state index contributed by atoms with van der Waals surface area (Å²) in [5.41, 5.74) is 1.76. The summed E-state index contributed by atoms with van der Waals surface area (Å²) >= 11 is 0. The van der Waals surface area contributed by atoms with Gasteiger partial charge in [0.05, 0.1) is 30.5 Å². The lowest BCUT2D eigenvalue weighted by Crippen LogP contribution is -2.43. The number of para-hydroxylation sites is 1. The Morgan fingerprint density at radius 2 is 2.03 bits per heavy atom. The van der Waals surface area contributed by atoms with Crippen LogP contribution in [0.5, 0.6) is 17.2 Å². The Hall–Kier alpha value is -3.14. The molecule has 0 radical (unpaired) electrons. The summed E-state index contributed by atoms with van der Waals surface area (Å²) in [6.45, 7) is 2.59. The molecule has 0 bridgehead atoms. The summed E-state index contributed by atoms with van der Waals surface area (Å²) in [6.07, 6.45) is 3.58. The van der Waals surface area contributed by atoms with Crippen molar-refractivity contribution >= 4 is 22.4 Å². The van der Waals surface area contributed by atoms with Gasteiger partial charge in [0.1, 0.15) is 18.8 Å². The number of ether oxygens (including phenoxy) is 2. The minimum absolute atomic E-state index is 0.395. The van der Waals surface area contributed by atoms with Gasteiger partial charge in [-0.05, 0) is 32.0 Å². The number of likely N-dealkylation sites (tertiary alicyclic amines) is 1. The van der Waals surface area contributed by atoms with Crippen LogP contribution in [-0.2, 0) is 11.5 Å². The number of aliphatic hydroxyl groups is 1. The second-order valence-corrected chi connectivity index (χ2v) is 8.63. The maximum atomic E-state index is 10.8. The normalized spacial score (nSPS) is 17.4. The second-order valence-electron chi connectivity index (χ2n) is 8.63. The Labute approximate surface area is 192 Å². The molecule has 1 saturated heterocycles. The zero-order chi connectivity index (χ0) is 22.8. The maximum absolute atomic E-state index is 10.8. The number of nitrogens with zero attached hydrogens (tertiary/aromatic N) is 3. The van der Waals surface area contributed by atoms with E-state index < -0.39 is 5.60 Å². The first-order chi connectivity index (χ1) is 16.0. The lowest BCUT2D eigenvalue weighted by molar-refractivity contribution is -0.194. The lowest BCUT2D eigenvalue weighted by Gasteiger charge is -2.36. The molecular formula is C24H28N4O5. The molecule has 0 saturated carbocycles. The predicted octanol–water partition coefficient (Wildman–Crippen LogP) is 3.43. The molecule has 2 aliphatic heterocycles. The molecule has 0 amide bonds. The van der Waals surface area contributed by atoms with E-state index in [1.165, 1.54) is 6.33 Å². The molecule has 1 aromatic heterocycles. The number of rotatable bonds is 7. The van der Waals surface area contributed by atoms with Gasteiger partial charge in [-0.2, -0.15) is 4.89 Å². The average Bonchev–Trinajstić information content (AvgIpc) is 3.31. The van der Waals surface area contributed by atoms with Crippen molar-refractivity contribution in [2.24, 2.45) is 0 Å². The molecular weight excluding hydrogens is 424 g/mol. The van der Waals surface area contributed by atoms with Crippen LogP contribution in [0.2, 0.25) is 0 Å². The average molecular weight is 453 g/mol. The molecule has 3 aromatic rings. The summed E-state index contributed by atoms with van der Waals surface area (Å²) in [6, 6.07) is 9.50. The summed E-state index contributed by atoms with van der Waals surface area (Å²) < 4.78 is 11.6. The number of methoxy groups -OCH3 is 1. The van der Waals surface area contributed by atoms with Crippen LogP contribution in [0, 0.1) is 0 Å². The SMILES string of the molecule is COc1cc2c(Nc3cccc4c3OOC4)ncnc2cc1OCCC1(O)CCN(C)CC1. The van der Waals surface area contributed by atoms with E-state index >= 15 is 0 Å². The van der Waals surface area contributed by atoms with Gasteiger partial charge in [0.15, 0.2) is 17.2 Å². The van der Waals surface area contributed by atoms with Crippen molar-refractivity contribution in [3.63, 3.8) is 0 Å². The van der Waals surface area contributed by atoms with Gasteiger partial charge in [0, 0.05) is 36.5 Å². The smallest absolute Gasteiger partial charge is 0.194 e. The first-order valence-corrected chi connectivity index (χ1v) is 11.1. The van der Waals surface area contributed by atoms with E-state index in [2.05, 4.69) is 27.2 Å². The molecule has 33 heavy (non-hydrogen) atoms. The van der Waals surface area contributed by atoms with E-state index in [9.17, 15) is 5.11 Å². The van der Waals surface area contributed by atoms with Crippen molar-refractivity contribution in [1.29, 1.82) is 0 Å². The highest BCUT2D eigenvalue weighted by atomic mass is 17.2. The Morgan fingerprint density at radius 3 is 2.85 bits per heavy atom. The van der Waals surface area contributed by atoms with Crippen LogP contribution in [0.3, 0.4) is 0 Å². The first kappa shape index (κ1) is 21.7. The molecule has 0 atom stereocenters. The number of piperidine rings is 1. The highest BCUT2D eigenvalue weighted by molar-refractivity contribution is 5.93. The van der Waals surface area contributed by atoms with E-state index in [1.807, 2.05) is 30.3 Å². The zero-order valence-electron chi connectivity index (χ0n) is 18.8. The molecule has 1 fully saturated rings. The van der Waals surface area contributed by atoms with Gasteiger partial charge in [-0.15, -0.1) is 0 Å². The van der Waals surface area contributed by atoms with Crippen molar-refractivity contribution in [3.8, 4) is 17.2 Å². The third-order valence-corrected chi connectivity index (χ3v) is 6.37. The minimum atomic E-state index is -0.683. The van der Waals surface area contributed by atoms with Crippen LogP contribution >= 0.6 is 0 Å².